The topological polar surface area (TPSA) is 0 Å². The number of rotatable bonds is 0. The highest BCUT2D eigenvalue weighted by molar-refractivity contribution is 7.60. The van der Waals surface area contributed by atoms with Crippen LogP contribution in [0.5, 0.6) is 0 Å². The first-order valence-electron chi connectivity index (χ1n) is 4.61. The molecular weight excluding hydrogens is 175 g/mol. The zero-order valence-corrected chi connectivity index (χ0v) is 9.50. The fourth-order valence-corrected chi connectivity index (χ4v) is 3.16. The summed E-state index contributed by atoms with van der Waals surface area (Å²) >= 11 is 0. The van der Waals surface area contributed by atoms with Crippen LogP contribution in [-0.4, -0.2) is 0 Å². The molecule has 0 aromatic heterocycles. The molecule has 0 unspecified atom stereocenters. The van der Waals surface area contributed by atoms with Gasteiger partial charge in [-0.1, -0.05) is 12.1 Å². The maximum Gasteiger partial charge on any atom is -0.0108 e. The number of benzene rings is 1. The van der Waals surface area contributed by atoms with Crippen molar-refractivity contribution >= 4 is 19.2 Å². The summed E-state index contributed by atoms with van der Waals surface area (Å²) in [6.45, 7) is 8.88. The molecule has 1 radical (unpaired) electrons. The van der Waals surface area contributed by atoms with E-state index in [1.54, 1.807) is 0 Å². The van der Waals surface area contributed by atoms with Gasteiger partial charge in [-0.05, 0) is 68.5 Å². The maximum absolute atomic E-state index is 2.26. The molecule has 67 valence electrons. The number of aryl methyl sites for hydroxylation is 1. The second kappa shape index (κ2) is 2.96. The maximum atomic E-state index is 2.26. The minimum Gasteiger partial charge on any atom is -0.0584 e. The Labute approximate surface area is 81.2 Å². The van der Waals surface area contributed by atoms with Gasteiger partial charge in [0.05, 0.1) is 0 Å². The van der Waals surface area contributed by atoms with Crippen molar-refractivity contribution in [3.63, 3.8) is 0 Å². The molecule has 0 amide bonds. The first-order valence-corrected chi connectivity index (χ1v) is 5.50. The summed E-state index contributed by atoms with van der Waals surface area (Å²) in [4.78, 5) is 0. The second-order valence-electron chi connectivity index (χ2n) is 3.71. The van der Waals surface area contributed by atoms with E-state index in [2.05, 4.69) is 39.8 Å². The molecule has 1 aliphatic rings. The third-order valence-electron chi connectivity index (χ3n) is 2.82. The minimum atomic E-state index is 1.41. The van der Waals surface area contributed by atoms with Crippen LogP contribution in [0, 0.1) is 13.8 Å². The van der Waals surface area contributed by atoms with Crippen molar-refractivity contribution in [3.8, 4) is 0 Å². The Balaban J connectivity index is 3.02. The van der Waals surface area contributed by atoms with E-state index in [-0.39, 0.29) is 0 Å². The molecule has 1 aromatic rings. The smallest absolute Gasteiger partial charge is 0.0108 e. The molecule has 0 atom stereocenters. The van der Waals surface area contributed by atoms with Crippen LogP contribution in [0.1, 0.15) is 25.0 Å². The fraction of sp³-hybridized carbons (Fsp3) is 0.333. The van der Waals surface area contributed by atoms with Gasteiger partial charge in [0, 0.05) is 0 Å². The molecular formula is C12H14P. The summed E-state index contributed by atoms with van der Waals surface area (Å²) in [7, 11) is 1.41. The summed E-state index contributed by atoms with van der Waals surface area (Å²) in [5, 5.41) is 5.96. The predicted molar refractivity (Wildman–Crippen MR) is 60.3 cm³/mol. The fourth-order valence-electron chi connectivity index (χ4n) is 1.95. The van der Waals surface area contributed by atoms with Gasteiger partial charge in [0.2, 0.25) is 0 Å². The molecule has 0 bridgehead atoms. The van der Waals surface area contributed by atoms with E-state index in [0.29, 0.717) is 0 Å². The van der Waals surface area contributed by atoms with Gasteiger partial charge in [0.25, 0.3) is 0 Å². The normalized spacial score (nSPS) is 16.9. The van der Waals surface area contributed by atoms with Crippen molar-refractivity contribution in [2.24, 2.45) is 0 Å². The molecule has 0 spiro atoms. The van der Waals surface area contributed by atoms with E-state index in [9.17, 15) is 0 Å². The zero-order chi connectivity index (χ0) is 9.59. The van der Waals surface area contributed by atoms with Crippen LogP contribution >= 0.6 is 8.58 Å². The van der Waals surface area contributed by atoms with Crippen LogP contribution in [0.3, 0.4) is 0 Å². The highest BCUT2D eigenvalue weighted by Crippen LogP contribution is 2.35. The van der Waals surface area contributed by atoms with Crippen molar-refractivity contribution in [1.82, 2.24) is 0 Å². The molecule has 0 nitrogen and oxygen atoms in total. The van der Waals surface area contributed by atoms with Crippen molar-refractivity contribution < 1.29 is 0 Å². The standard InChI is InChI=1S/C12H14P/c1-7-5-6-11-9(3)13-10(4)12(11)8(7)2/h5-6H,1-4H3. The van der Waals surface area contributed by atoms with Gasteiger partial charge in [-0.25, -0.2) is 0 Å². The molecule has 1 heterocycles. The number of hydrogen-bond donors (Lipinski definition) is 0. The highest BCUT2D eigenvalue weighted by atomic mass is 31.1. The van der Waals surface area contributed by atoms with Gasteiger partial charge >= 0.3 is 0 Å². The Kier molecular flexibility index (Phi) is 2.04. The van der Waals surface area contributed by atoms with E-state index in [4.69, 9.17) is 0 Å². The molecule has 0 saturated carbocycles. The largest absolute Gasteiger partial charge is 0.0584 e. The van der Waals surface area contributed by atoms with E-state index in [1.165, 1.54) is 40.8 Å². The Bertz CT molecular complexity index is 481. The molecule has 13 heavy (non-hydrogen) atoms. The highest BCUT2D eigenvalue weighted by Gasteiger charge is 2.09. The summed E-state index contributed by atoms with van der Waals surface area (Å²) < 4.78 is 0. The van der Waals surface area contributed by atoms with Crippen molar-refractivity contribution in [2.45, 2.75) is 27.7 Å². The van der Waals surface area contributed by atoms with Crippen LogP contribution < -0.4 is 10.4 Å². The second-order valence-corrected chi connectivity index (χ2v) is 5.28. The lowest BCUT2D eigenvalue weighted by atomic mass is 10.1. The monoisotopic (exact) mass is 189 g/mol. The molecule has 0 fully saturated rings. The van der Waals surface area contributed by atoms with E-state index in [1.807, 2.05) is 0 Å². The molecule has 0 aliphatic carbocycles. The first-order chi connectivity index (χ1) is 6.11. The molecule has 1 heteroatoms. The van der Waals surface area contributed by atoms with Gasteiger partial charge in [0.15, 0.2) is 0 Å². The summed E-state index contributed by atoms with van der Waals surface area (Å²) in [6, 6.07) is 4.49. The summed E-state index contributed by atoms with van der Waals surface area (Å²) in [5.74, 6) is 0. The summed E-state index contributed by atoms with van der Waals surface area (Å²) in [5.41, 5.74) is 2.86. The molecule has 1 aliphatic heterocycles. The lowest BCUT2D eigenvalue weighted by Crippen LogP contribution is -2.27. The Morgan fingerprint density at radius 2 is 1.62 bits per heavy atom. The lowest BCUT2D eigenvalue weighted by Gasteiger charge is -2.00. The van der Waals surface area contributed by atoms with Gasteiger partial charge in [0.1, 0.15) is 0 Å². The van der Waals surface area contributed by atoms with E-state index >= 15 is 0 Å². The van der Waals surface area contributed by atoms with E-state index in [0.717, 1.165) is 0 Å². The quantitative estimate of drug-likeness (QED) is 0.550. The average molecular weight is 189 g/mol. The molecule has 0 saturated heterocycles. The first kappa shape index (κ1) is 8.97. The number of fused-ring (bicyclic) bond motifs is 1. The summed E-state index contributed by atoms with van der Waals surface area (Å²) in [6.07, 6.45) is 0. The van der Waals surface area contributed by atoms with Crippen LogP contribution in [0.4, 0.5) is 0 Å². The van der Waals surface area contributed by atoms with E-state index < -0.39 is 0 Å². The van der Waals surface area contributed by atoms with Gasteiger partial charge < -0.3 is 0 Å². The molecule has 1 aromatic carbocycles. The van der Waals surface area contributed by atoms with Crippen LogP contribution in [0.25, 0.3) is 10.6 Å². The Morgan fingerprint density at radius 1 is 0.923 bits per heavy atom. The Hall–Kier alpha value is -0.610. The van der Waals surface area contributed by atoms with Gasteiger partial charge in [-0.2, -0.15) is 0 Å². The third-order valence-corrected chi connectivity index (χ3v) is 3.96. The molecule has 0 N–H and O–H groups in total. The molecule has 2 rings (SSSR count). The van der Waals surface area contributed by atoms with Crippen molar-refractivity contribution in [2.75, 3.05) is 0 Å². The van der Waals surface area contributed by atoms with Crippen molar-refractivity contribution in [1.29, 1.82) is 0 Å². The van der Waals surface area contributed by atoms with Crippen LogP contribution in [-0.2, 0) is 0 Å². The predicted octanol–water partition coefficient (Wildman–Crippen LogP) is 2.52. The Morgan fingerprint density at radius 3 is 2.31 bits per heavy atom. The zero-order valence-electron chi connectivity index (χ0n) is 8.60. The average Bonchev–Trinajstić information content (AvgIpc) is 2.35. The third kappa shape index (κ3) is 1.25. The number of hydrogen-bond acceptors (Lipinski definition) is 0. The van der Waals surface area contributed by atoms with Crippen LogP contribution in [0.2, 0.25) is 0 Å². The lowest BCUT2D eigenvalue weighted by molar-refractivity contribution is 1.27. The minimum absolute atomic E-state index is 1.41. The van der Waals surface area contributed by atoms with Crippen molar-refractivity contribution in [3.05, 3.63) is 33.7 Å². The SMILES string of the molecule is CC1=c2ccc(C)c(C)c2=C(C)[P]1. The van der Waals surface area contributed by atoms with Gasteiger partial charge in [-0.3, -0.25) is 0 Å². The van der Waals surface area contributed by atoms with Crippen LogP contribution in [0.15, 0.2) is 12.1 Å². The van der Waals surface area contributed by atoms with Gasteiger partial charge in [-0.15, -0.1) is 0 Å².